The topological polar surface area (TPSA) is 144 Å². The molecule has 0 unspecified atom stereocenters. The van der Waals surface area contributed by atoms with Crippen LogP contribution in [-0.4, -0.2) is 50.1 Å². The van der Waals surface area contributed by atoms with Gasteiger partial charge in [-0.1, -0.05) is 26.0 Å². The smallest absolute Gasteiger partial charge is 0.311 e. The summed E-state index contributed by atoms with van der Waals surface area (Å²) in [5.41, 5.74) is 1.60. The average molecular weight is 592 g/mol. The molecule has 1 saturated heterocycles. The van der Waals surface area contributed by atoms with Crippen molar-refractivity contribution in [3.8, 4) is 0 Å². The fourth-order valence-electron chi connectivity index (χ4n) is 6.12. The van der Waals surface area contributed by atoms with Gasteiger partial charge in [0, 0.05) is 17.3 Å². The number of aryl methyl sites for hydroxylation is 2. The Balaban J connectivity index is 1.58. The van der Waals surface area contributed by atoms with E-state index in [9.17, 15) is 28.7 Å². The van der Waals surface area contributed by atoms with Crippen molar-refractivity contribution in [3.05, 3.63) is 87.1 Å². The summed E-state index contributed by atoms with van der Waals surface area (Å²) in [6.07, 6.45) is 1.54. The Labute approximate surface area is 249 Å². The maximum Gasteiger partial charge on any atom is 0.311 e. The largest absolute Gasteiger partial charge is 0.481 e. The molecule has 0 saturated carbocycles. The van der Waals surface area contributed by atoms with E-state index < -0.39 is 47.1 Å². The lowest BCUT2D eigenvalue weighted by Crippen LogP contribution is -2.55. The highest BCUT2D eigenvalue weighted by Gasteiger charge is 2.52. The lowest BCUT2D eigenvalue weighted by molar-refractivity contribution is -0.157. The number of nitrogens with zero attached hydrogens (tertiary/aromatic N) is 2. The molecule has 0 aliphatic carbocycles. The lowest BCUT2D eigenvalue weighted by atomic mass is 9.74. The van der Waals surface area contributed by atoms with Crippen LogP contribution in [0.5, 0.6) is 0 Å². The van der Waals surface area contributed by atoms with Gasteiger partial charge >= 0.3 is 5.97 Å². The second-order valence-electron chi connectivity index (χ2n) is 11.2. The van der Waals surface area contributed by atoms with E-state index in [1.54, 1.807) is 75.9 Å². The third-order valence-corrected chi connectivity index (χ3v) is 8.61. The summed E-state index contributed by atoms with van der Waals surface area (Å²) in [6.45, 7) is 8.71. The molecular weight excluding hydrogens is 553 g/mol. The Morgan fingerprint density at radius 1 is 1.09 bits per heavy atom. The molecule has 2 amide bonds. The summed E-state index contributed by atoms with van der Waals surface area (Å²) in [7, 11) is 0. The summed E-state index contributed by atoms with van der Waals surface area (Å²) < 4.78 is 14.2. The molecule has 11 heteroatoms. The second kappa shape index (κ2) is 12.8. The number of hydrogen-bond acceptors (Lipinski definition) is 6. The molecule has 3 aromatic rings. The van der Waals surface area contributed by atoms with E-state index in [4.69, 9.17) is 0 Å². The molecule has 43 heavy (non-hydrogen) atoms. The number of anilines is 2. The normalized spacial score (nSPS) is 17.4. The quantitative estimate of drug-likeness (QED) is 0.259. The van der Waals surface area contributed by atoms with Crippen molar-refractivity contribution in [3.63, 3.8) is 0 Å². The summed E-state index contributed by atoms with van der Waals surface area (Å²) >= 11 is 0. The first-order chi connectivity index (χ1) is 20.4. The summed E-state index contributed by atoms with van der Waals surface area (Å²) in [5, 5.41) is 22.4. The van der Waals surface area contributed by atoms with Crippen molar-refractivity contribution >= 4 is 29.2 Å². The second-order valence-corrected chi connectivity index (χ2v) is 11.2. The third-order valence-electron chi connectivity index (χ3n) is 8.61. The van der Waals surface area contributed by atoms with E-state index in [1.807, 2.05) is 0 Å². The number of aliphatic carboxylic acids is 1. The van der Waals surface area contributed by atoms with Crippen LogP contribution in [-0.2, 0) is 9.59 Å². The van der Waals surface area contributed by atoms with E-state index in [0.29, 0.717) is 59.4 Å². The molecule has 2 aromatic carbocycles. The molecule has 4 rings (SSSR count). The Bertz CT molecular complexity index is 1580. The number of amides is 2. The highest BCUT2D eigenvalue weighted by atomic mass is 19.1. The number of hydrogen-bond donors (Lipinski definition) is 4. The van der Waals surface area contributed by atoms with Gasteiger partial charge in [-0.25, -0.2) is 9.49 Å². The summed E-state index contributed by atoms with van der Waals surface area (Å²) in [6, 6.07) is 10.4. The molecule has 4 N–H and O–H groups in total. The number of rotatable bonds is 10. The molecule has 228 valence electrons. The zero-order valence-corrected chi connectivity index (χ0v) is 25.0. The number of carboxylic acids is 1. The van der Waals surface area contributed by atoms with Crippen molar-refractivity contribution in [1.82, 2.24) is 20.4 Å². The number of carbonyl (C=O) groups is 3. The predicted octanol–water partition coefficient (Wildman–Crippen LogP) is 5.01. The lowest BCUT2D eigenvalue weighted by Gasteiger charge is -2.42. The van der Waals surface area contributed by atoms with Gasteiger partial charge in [0.25, 0.3) is 11.5 Å². The van der Waals surface area contributed by atoms with Crippen LogP contribution in [0.3, 0.4) is 0 Å². The fraction of sp³-hybridized carbons (Fsp3) is 0.406. The van der Waals surface area contributed by atoms with Crippen molar-refractivity contribution in [2.45, 2.75) is 78.4 Å². The highest BCUT2D eigenvalue weighted by molar-refractivity contribution is 5.98. The molecule has 1 fully saturated rings. The zero-order valence-electron chi connectivity index (χ0n) is 25.0. The number of benzene rings is 2. The molecule has 0 radical (unpaired) electrons. The molecule has 1 aliphatic rings. The Morgan fingerprint density at radius 2 is 1.81 bits per heavy atom. The summed E-state index contributed by atoms with van der Waals surface area (Å²) in [5.74, 6) is -2.34. The minimum absolute atomic E-state index is 0.309. The first-order valence-corrected chi connectivity index (χ1v) is 14.5. The number of H-pyrrole nitrogens is 1. The van der Waals surface area contributed by atoms with Gasteiger partial charge < -0.3 is 20.6 Å². The van der Waals surface area contributed by atoms with Crippen LogP contribution in [0.15, 0.2) is 53.3 Å². The van der Waals surface area contributed by atoms with Crippen molar-refractivity contribution < 1.29 is 23.9 Å². The molecular formula is C32H38FN5O5. The van der Waals surface area contributed by atoms with Gasteiger partial charge in [-0.15, -0.1) is 0 Å². The van der Waals surface area contributed by atoms with Crippen LogP contribution in [0.4, 0.5) is 15.8 Å². The van der Waals surface area contributed by atoms with Gasteiger partial charge in [-0.2, -0.15) is 5.10 Å². The maximum atomic E-state index is 14.2. The van der Waals surface area contributed by atoms with Crippen molar-refractivity contribution in [2.75, 3.05) is 5.32 Å². The van der Waals surface area contributed by atoms with Gasteiger partial charge in [-0.3, -0.25) is 19.2 Å². The SMILES string of the molecule is CCC(CC)(C(=O)O)[C@H]1CC[C@@H](c2cccc(F)c2)N1C(=O)[C@@H](C)NC(=O)c1ccc(Nc2cc(C)n[nH]c2=O)c(C)c1. The third kappa shape index (κ3) is 6.30. The molecule has 10 nitrogen and oxygen atoms in total. The Kier molecular flexibility index (Phi) is 9.32. The maximum absolute atomic E-state index is 14.2. The van der Waals surface area contributed by atoms with Gasteiger partial charge in [0.1, 0.15) is 17.5 Å². The van der Waals surface area contributed by atoms with Gasteiger partial charge in [0.15, 0.2) is 0 Å². The van der Waals surface area contributed by atoms with E-state index in [2.05, 4.69) is 20.8 Å². The minimum atomic E-state index is -1.18. The Hall–Kier alpha value is -4.54. The number of nitrogens with one attached hydrogen (secondary N) is 3. The fourth-order valence-corrected chi connectivity index (χ4v) is 6.12. The van der Waals surface area contributed by atoms with Gasteiger partial charge in [0.05, 0.1) is 17.2 Å². The van der Waals surface area contributed by atoms with Gasteiger partial charge in [-0.05, 0) is 94.0 Å². The van der Waals surface area contributed by atoms with E-state index in [-0.39, 0.29) is 5.56 Å². The number of aromatic amines is 1. The predicted molar refractivity (Wildman–Crippen MR) is 161 cm³/mol. The number of likely N-dealkylation sites (tertiary alicyclic amines) is 1. The molecule has 0 bridgehead atoms. The number of carboxylic acid groups (broad SMARTS) is 1. The monoisotopic (exact) mass is 591 g/mol. The van der Waals surface area contributed by atoms with Gasteiger partial charge in [0.2, 0.25) is 5.91 Å². The zero-order chi connectivity index (χ0) is 31.5. The first-order valence-electron chi connectivity index (χ1n) is 14.5. The van der Waals surface area contributed by atoms with E-state index in [0.717, 1.165) is 0 Å². The van der Waals surface area contributed by atoms with Crippen LogP contribution >= 0.6 is 0 Å². The summed E-state index contributed by atoms with van der Waals surface area (Å²) in [4.78, 5) is 53.6. The average Bonchev–Trinajstić information content (AvgIpc) is 3.41. The highest BCUT2D eigenvalue weighted by Crippen LogP contribution is 2.47. The molecule has 0 spiro atoms. The first kappa shape index (κ1) is 31.4. The van der Waals surface area contributed by atoms with Crippen molar-refractivity contribution in [2.24, 2.45) is 5.41 Å². The van der Waals surface area contributed by atoms with E-state index >= 15 is 0 Å². The number of carbonyl (C=O) groups excluding carboxylic acids is 2. The minimum Gasteiger partial charge on any atom is -0.481 e. The van der Waals surface area contributed by atoms with Crippen LogP contribution in [0.25, 0.3) is 0 Å². The van der Waals surface area contributed by atoms with Crippen LogP contribution in [0.1, 0.15) is 79.7 Å². The molecule has 1 aliphatic heterocycles. The van der Waals surface area contributed by atoms with Crippen LogP contribution < -0.4 is 16.2 Å². The standard InChI is InChI=1S/C32H38FN5O5/c1-6-32(7-2,31(42)43)27-14-13-26(21-9-8-10-23(33)17-21)38(27)30(41)20(5)34-28(39)22-11-12-24(18(3)15-22)35-25-16-19(4)36-37-29(25)40/h8-12,15-17,20,26-27H,6-7,13-14H2,1-5H3,(H,34,39)(H,35,36)(H,37,40)(H,42,43)/t20-,26+,27-/m1/s1. The number of aromatic nitrogens is 2. The molecule has 1 aromatic heterocycles. The van der Waals surface area contributed by atoms with Crippen molar-refractivity contribution in [1.29, 1.82) is 0 Å². The number of halogens is 1. The van der Waals surface area contributed by atoms with Crippen LogP contribution in [0, 0.1) is 25.1 Å². The molecule has 3 atom stereocenters. The van der Waals surface area contributed by atoms with Crippen LogP contribution in [0.2, 0.25) is 0 Å². The van der Waals surface area contributed by atoms with E-state index in [1.165, 1.54) is 12.1 Å². The molecule has 2 heterocycles. The Morgan fingerprint density at radius 3 is 2.44 bits per heavy atom.